The maximum Gasteiger partial charge on any atom is 0.136 e. The van der Waals surface area contributed by atoms with Crippen LogP contribution in [0.15, 0.2) is 156 Å². The number of fused-ring (bicyclic) bond motifs is 8. The van der Waals surface area contributed by atoms with Gasteiger partial charge >= 0.3 is 0 Å². The summed E-state index contributed by atoms with van der Waals surface area (Å²) in [5, 5.41) is 7.92. The molecule has 0 unspecified atom stereocenters. The quantitative estimate of drug-likeness (QED) is 0.189. The SMILES string of the molecule is C[Si]1(C)c2ccc(N(c3ccccc3)c3ccc(-c4ccc5ccccc5c4)cc3)cc2-c2c1ccc1oc3ccccc3c21. The summed E-state index contributed by atoms with van der Waals surface area (Å²) in [5.41, 5.74) is 10.5. The van der Waals surface area contributed by atoms with Crippen LogP contribution >= 0.6 is 0 Å². The van der Waals surface area contributed by atoms with E-state index in [4.69, 9.17) is 4.42 Å². The molecule has 0 radical (unpaired) electrons. The molecule has 0 saturated heterocycles. The van der Waals surface area contributed by atoms with Crippen LogP contribution in [0.5, 0.6) is 0 Å². The molecule has 0 fully saturated rings. The molecule has 8 aromatic rings. The number of hydrogen-bond donors (Lipinski definition) is 0. The number of para-hydroxylation sites is 2. The van der Waals surface area contributed by atoms with Crippen LogP contribution < -0.4 is 15.3 Å². The second-order valence-corrected chi connectivity index (χ2v) is 16.9. The Morgan fingerprint density at radius 1 is 0.489 bits per heavy atom. The van der Waals surface area contributed by atoms with Crippen molar-refractivity contribution in [2.75, 3.05) is 4.90 Å². The van der Waals surface area contributed by atoms with Crippen LogP contribution in [-0.2, 0) is 0 Å². The minimum absolute atomic E-state index is 0.947. The Labute approximate surface area is 263 Å². The molecule has 0 atom stereocenters. The number of hydrogen-bond acceptors (Lipinski definition) is 2. The Bertz CT molecular complexity index is 2400. The average Bonchev–Trinajstić information content (AvgIpc) is 3.57. The first-order valence-electron chi connectivity index (χ1n) is 15.6. The van der Waals surface area contributed by atoms with Gasteiger partial charge in [-0.25, -0.2) is 0 Å². The van der Waals surface area contributed by atoms with E-state index in [1.807, 2.05) is 0 Å². The second-order valence-electron chi connectivity index (χ2n) is 12.6. The summed E-state index contributed by atoms with van der Waals surface area (Å²) in [5.74, 6) is 0. The topological polar surface area (TPSA) is 16.4 Å². The van der Waals surface area contributed by atoms with Gasteiger partial charge in [0.15, 0.2) is 0 Å². The van der Waals surface area contributed by atoms with Gasteiger partial charge in [-0.15, -0.1) is 0 Å². The summed E-state index contributed by atoms with van der Waals surface area (Å²) in [6, 6.07) is 55.0. The van der Waals surface area contributed by atoms with Gasteiger partial charge in [-0.05, 0) is 98.0 Å². The summed E-state index contributed by atoms with van der Waals surface area (Å²) in [6.45, 7) is 4.96. The highest BCUT2D eigenvalue weighted by atomic mass is 28.3. The predicted molar refractivity (Wildman–Crippen MR) is 194 cm³/mol. The molecule has 2 nitrogen and oxygen atoms in total. The summed E-state index contributed by atoms with van der Waals surface area (Å²) in [6.07, 6.45) is 0. The van der Waals surface area contributed by atoms with Crippen molar-refractivity contribution in [1.82, 2.24) is 0 Å². The van der Waals surface area contributed by atoms with Crippen LogP contribution in [0.25, 0.3) is 55.0 Å². The molecule has 0 saturated carbocycles. The molecule has 2 heterocycles. The Hall–Kier alpha value is -5.38. The highest BCUT2D eigenvalue weighted by molar-refractivity contribution is 7.04. The maximum atomic E-state index is 6.35. The van der Waals surface area contributed by atoms with Gasteiger partial charge in [-0.1, -0.05) is 110 Å². The van der Waals surface area contributed by atoms with Crippen LogP contribution in [0.1, 0.15) is 0 Å². The van der Waals surface area contributed by atoms with Gasteiger partial charge in [-0.2, -0.15) is 0 Å². The van der Waals surface area contributed by atoms with Crippen LogP contribution in [0, 0.1) is 0 Å². The van der Waals surface area contributed by atoms with Gasteiger partial charge in [0.1, 0.15) is 19.2 Å². The number of benzene rings is 7. The average molecular weight is 594 g/mol. The molecule has 7 aromatic carbocycles. The highest BCUT2D eigenvalue weighted by Crippen LogP contribution is 2.43. The lowest BCUT2D eigenvalue weighted by atomic mass is 9.98. The van der Waals surface area contributed by atoms with Crippen molar-refractivity contribution in [3.05, 3.63) is 152 Å². The molecule has 1 aromatic heterocycles. The molecule has 0 bridgehead atoms. The van der Waals surface area contributed by atoms with Crippen molar-refractivity contribution in [3.8, 4) is 22.3 Å². The fraction of sp³-hybridized carbons (Fsp3) is 0.0476. The minimum Gasteiger partial charge on any atom is -0.456 e. The molecule has 1 aliphatic rings. The first-order chi connectivity index (χ1) is 22.1. The Morgan fingerprint density at radius 2 is 1.16 bits per heavy atom. The molecule has 9 rings (SSSR count). The number of rotatable bonds is 4. The van der Waals surface area contributed by atoms with Crippen molar-refractivity contribution < 1.29 is 4.42 Å². The zero-order chi connectivity index (χ0) is 30.1. The number of furan rings is 1. The van der Waals surface area contributed by atoms with Gasteiger partial charge < -0.3 is 9.32 Å². The van der Waals surface area contributed by atoms with Gasteiger partial charge in [0.25, 0.3) is 0 Å². The molecule has 0 N–H and O–H groups in total. The van der Waals surface area contributed by atoms with Gasteiger partial charge in [0.05, 0.1) is 0 Å². The third-order valence-electron chi connectivity index (χ3n) is 9.64. The summed E-state index contributed by atoms with van der Waals surface area (Å²) in [7, 11) is -1.90. The van der Waals surface area contributed by atoms with Crippen molar-refractivity contribution >= 4 is 68.2 Å². The fourth-order valence-corrected chi connectivity index (χ4v) is 10.4. The monoisotopic (exact) mass is 593 g/mol. The van der Waals surface area contributed by atoms with E-state index < -0.39 is 8.07 Å². The van der Waals surface area contributed by atoms with E-state index in [0.29, 0.717) is 0 Å². The first kappa shape index (κ1) is 26.1. The third kappa shape index (κ3) is 4.01. The van der Waals surface area contributed by atoms with Gasteiger partial charge in [0.2, 0.25) is 0 Å². The molecule has 45 heavy (non-hydrogen) atoms. The van der Waals surface area contributed by atoms with E-state index in [1.165, 1.54) is 54.2 Å². The van der Waals surface area contributed by atoms with E-state index >= 15 is 0 Å². The molecule has 0 amide bonds. The Morgan fingerprint density at radius 3 is 2.00 bits per heavy atom. The van der Waals surface area contributed by atoms with Crippen LogP contribution in [-0.4, -0.2) is 8.07 Å². The highest BCUT2D eigenvalue weighted by Gasteiger charge is 2.39. The van der Waals surface area contributed by atoms with Crippen molar-refractivity contribution in [3.63, 3.8) is 0 Å². The Balaban J connectivity index is 1.20. The smallest absolute Gasteiger partial charge is 0.136 e. The predicted octanol–water partition coefficient (Wildman–Crippen LogP) is 10.7. The first-order valence-corrected chi connectivity index (χ1v) is 18.6. The summed E-state index contributed by atoms with van der Waals surface area (Å²) >= 11 is 0. The molecule has 0 aliphatic carbocycles. The summed E-state index contributed by atoms with van der Waals surface area (Å²) in [4.78, 5) is 2.38. The largest absolute Gasteiger partial charge is 0.456 e. The lowest BCUT2D eigenvalue weighted by molar-refractivity contribution is 0.669. The molecule has 214 valence electrons. The second kappa shape index (κ2) is 9.81. The van der Waals surface area contributed by atoms with Gasteiger partial charge in [0, 0.05) is 27.8 Å². The number of nitrogens with zero attached hydrogens (tertiary/aromatic N) is 1. The van der Waals surface area contributed by atoms with E-state index in [-0.39, 0.29) is 0 Å². The zero-order valence-electron chi connectivity index (χ0n) is 25.3. The molecular formula is C42H31NOSi. The molecule has 3 heteroatoms. The molecule has 0 spiro atoms. The van der Waals surface area contributed by atoms with Crippen molar-refractivity contribution in [1.29, 1.82) is 0 Å². The molecular weight excluding hydrogens is 563 g/mol. The van der Waals surface area contributed by atoms with E-state index in [9.17, 15) is 0 Å². The van der Waals surface area contributed by atoms with Crippen LogP contribution in [0.3, 0.4) is 0 Å². The van der Waals surface area contributed by atoms with E-state index in [2.05, 4.69) is 170 Å². The molecule has 1 aliphatic heterocycles. The fourth-order valence-electron chi connectivity index (χ4n) is 7.38. The standard InChI is InChI=1S/C42H31NOSi/c1-45(2)39-24-22-34(27-36(39)42-40(45)25-23-38-41(42)35-14-8-9-15-37(35)44-38)43(32-12-4-3-5-13-32)33-20-18-29(19-21-33)31-17-16-28-10-6-7-11-30(28)26-31/h3-27H,1-2H3. The van der Waals surface area contributed by atoms with Gasteiger partial charge in [-0.3, -0.25) is 0 Å². The third-order valence-corrected chi connectivity index (χ3v) is 13.2. The van der Waals surface area contributed by atoms with E-state index in [0.717, 1.165) is 28.2 Å². The van der Waals surface area contributed by atoms with E-state index in [1.54, 1.807) is 0 Å². The van der Waals surface area contributed by atoms with Crippen molar-refractivity contribution in [2.24, 2.45) is 0 Å². The van der Waals surface area contributed by atoms with Crippen molar-refractivity contribution in [2.45, 2.75) is 13.1 Å². The maximum absolute atomic E-state index is 6.35. The van der Waals surface area contributed by atoms with Crippen LogP contribution in [0.4, 0.5) is 17.1 Å². The lowest BCUT2D eigenvalue weighted by Gasteiger charge is -2.27. The zero-order valence-corrected chi connectivity index (χ0v) is 26.3. The number of anilines is 3. The Kier molecular flexibility index (Phi) is 5.68. The normalized spacial score (nSPS) is 13.3. The minimum atomic E-state index is -1.90. The summed E-state index contributed by atoms with van der Waals surface area (Å²) < 4.78 is 6.35. The van der Waals surface area contributed by atoms with Crippen LogP contribution in [0.2, 0.25) is 13.1 Å². The lowest BCUT2D eigenvalue weighted by Crippen LogP contribution is -2.49.